The maximum absolute atomic E-state index is 3.54. The molecule has 0 aliphatic heterocycles. The Labute approximate surface area is 160 Å². The summed E-state index contributed by atoms with van der Waals surface area (Å²) in [6.07, 6.45) is 0. The van der Waals surface area contributed by atoms with Crippen LogP contribution in [0.15, 0.2) is 79.9 Å². The summed E-state index contributed by atoms with van der Waals surface area (Å²) in [5.41, 5.74) is 1.32. The second-order valence-electron chi connectivity index (χ2n) is 3.19. The van der Waals surface area contributed by atoms with E-state index in [1.54, 1.807) is 0 Å². The molecule has 0 N–H and O–H groups in total. The molecule has 0 spiro atoms. The van der Waals surface area contributed by atoms with E-state index in [4.69, 9.17) is 0 Å². The van der Waals surface area contributed by atoms with Crippen LogP contribution in [0, 0.1) is 0 Å². The van der Waals surface area contributed by atoms with E-state index in [9.17, 15) is 0 Å². The molecule has 2 aromatic rings. The molecule has 0 bridgehead atoms. The lowest BCUT2D eigenvalue weighted by Crippen LogP contribution is -1.88. The Bertz CT molecular complexity index is 351. The van der Waals surface area contributed by atoms with Crippen LogP contribution in [0.4, 0.5) is 0 Å². The SMILES string of the molecule is Br.Br.BrCC(Br)c1ccccc1.C=C.c1ccccc1. The average Bonchev–Trinajstić information content (AvgIpc) is 2.52. The Kier molecular flexibility index (Phi) is 23.9. The van der Waals surface area contributed by atoms with Crippen LogP contribution >= 0.6 is 65.8 Å². The standard InChI is InChI=1S/C8H8Br2.C6H6.C2H4.2BrH/c9-6-8(10)7-4-2-1-3-5-7;1-2-4-6-5-3-1;1-2;;/h1-5,8H,6H2;1-6H;1-2H2;2*1H. The van der Waals surface area contributed by atoms with Gasteiger partial charge in [0.25, 0.3) is 0 Å². The highest BCUT2D eigenvalue weighted by Crippen LogP contribution is 2.23. The normalized spacial score (nSPS) is 9.10. The zero-order valence-electron chi connectivity index (χ0n) is 11.1. The number of hydrogen-bond acceptors (Lipinski definition) is 0. The third-order valence-electron chi connectivity index (χ3n) is 1.96. The van der Waals surface area contributed by atoms with Gasteiger partial charge in [-0.05, 0) is 5.56 Å². The van der Waals surface area contributed by atoms with E-state index >= 15 is 0 Å². The van der Waals surface area contributed by atoms with Gasteiger partial charge in [-0.2, -0.15) is 0 Å². The molecule has 1 atom stereocenters. The molecule has 0 radical (unpaired) electrons. The smallest absolute Gasteiger partial charge is 0.0492 e. The topological polar surface area (TPSA) is 0 Å². The van der Waals surface area contributed by atoms with Crippen LogP contribution < -0.4 is 0 Å². The monoisotopic (exact) mass is 528 g/mol. The summed E-state index contributed by atoms with van der Waals surface area (Å²) < 4.78 is 0. The average molecular weight is 532 g/mol. The van der Waals surface area contributed by atoms with Crippen LogP contribution in [-0.4, -0.2) is 5.33 Å². The minimum absolute atomic E-state index is 0. The predicted molar refractivity (Wildman–Crippen MR) is 110 cm³/mol. The third kappa shape index (κ3) is 13.1. The Balaban J connectivity index is -0.000000252. The van der Waals surface area contributed by atoms with Gasteiger partial charge in [0.05, 0.1) is 0 Å². The van der Waals surface area contributed by atoms with E-state index in [-0.39, 0.29) is 34.0 Å². The minimum atomic E-state index is 0. The molecule has 0 amide bonds. The Morgan fingerprint density at radius 2 is 1.05 bits per heavy atom. The van der Waals surface area contributed by atoms with Crippen molar-refractivity contribution >= 4 is 65.8 Å². The van der Waals surface area contributed by atoms with Crippen LogP contribution in [0.1, 0.15) is 10.4 Å². The molecule has 0 saturated heterocycles. The van der Waals surface area contributed by atoms with Crippen LogP contribution in [0.2, 0.25) is 0 Å². The number of halogens is 4. The third-order valence-corrected chi connectivity index (χ3v) is 4.33. The molecule has 20 heavy (non-hydrogen) atoms. The molecule has 0 saturated carbocycles. The van der Waals surface area contributed by atoms with Crippen LogP contribution in [0.3, 0.4) is 0 Å². The van der Waals surface area contributed by atoms with Crippen molar-refractivity contribution in [1.29, 1.82) is 0 Å². The van der Waals surface area contributed by atoms with Gasteiger partial charge < -0.3 is 0 Å². The van der Waals surface area contributed by atoms with Gasteiger partial charge in [-0.25, -0.2) is 0 Å². The van der Waals surface area contributed by atoms with E-state index in [0.29, 0.717) is 4.83 Å². The molecule has 0 heterocycles. The lowest BCUT2D eigenvalue weighted by Gasteiger charge is -2.03. The van der Waals surface area contributed by atoms with E-state index in [0.717, 1.165) is 5.33 Å². The van der Waals surface area contributed by atoms with Crippen molar-refractivity contribution in [3.8, 4) is 0 Å². The fourth-order valence-electron chi connectivity index (χ4n) is 1.14. The van der Waals surface area contributed by atoms with E-state index in [1.807, 2.05) is 54.6 Å². The molecule has 0 aromatic heterocycles. The molecular formula is C16H20Br4. The van der Waals surface area contributed by atoms with E-state index in [2.05, 4.69) is 57.2 Å². The van der Waals surface area contributed by atoms with Gasteiger partial charge in [-0.15, -0.1) is 47.1 Å². The highest BCUT2D eigenvalue weighted by molar-refractivity contribution is 9.12. The number of rotatable bonds is 2. The molecular weight excluding hydrogens is 512 g/mol. The summed E-state index contributed by atoms with van der Waals surface area (Å²) >= 11 is 6.94. The highest BCUT2D eigenvalue weighted by Gasteiger charge is 2.02. The molecule has 112 valence electrons. The molecule has 0 fully saturated rings. The summed E-state index contributed by atoms with van der Waals surface area (Å²) in [4.78, 5) is 0.439. The van der Waals surface area contributed by atoms with Crippen molar-refractivity contribution in [2.75, 3.05) is 5.33 Å². The molecule has 0 nitrogen and oxygen atoms in total. The van der Waals surface area contributed by atoms with Gasteiger partial charge in [-0.1, -0.05) is 98.6 Å². The van der Waals surface area contributed by atoms with E-state index in [1.165, 1.54) is 5.56 Å². The Morgan fingerprint density at radius 3 is 1.35 bits per heavy atom. The maximum atomic E-state index is 3.54. The van der Waals surface area contributed by atoms with Crippen molar-refractivity contribution < 1.29 is 0 Å². The summed E-state index contributed by atoms with van der Waals surface area (Å²) in [7, 11) is 0. The van der Waals surface area contributed by atoms with Gasteiger partial charge in [-0.3, -0.25) is 0 Å². The zero-order chi connectivity index (χ0) is 13.6. The first-order chi connectivity index (χ1) is 8.84. The number of alkyl halides is 2. The summed E-state index contributed by atoms with van der Waals surface area (Å²) in [6.45, 7) is 6.00. The van der Waals surface area contributed by atoms with E-state index < -0.39 is 0 Å². The van der Waals surface area contributed by atoms with Crippen molar-refractivity contribution in [2.24, 2.45) is 0 Å². The first-order valence-electron chi connectivity index (χ1n) is 5.59. The highest BCUT2D eigenvalue weighted by atomic mass is 79.9. The first-order valence-corrected chi connectivity index (χ1v) is 7.63. The molecule has 0 aliphatic carbocycles. The van der Waals surface area contributed by atoms with Gasteiger partial charge in [0, 0.05) is 10.2 Å². The zero-order valence-corrected chi connectivity index (χ0v) is 17.7. The molecule has 4 heteroatoms. The number of benzene rings is 2. The van der Waals surface area contributed by atoms with Crippen molar-refractivity contribution in [1.82, 2.24) is 0 Å². The van der Waals surface area contributed by atoms with Crippen molar-refractivity contribution in [2.45, 2.75) is 4.83 Å². The lowest BCUT2D eigenvalue weighted by atomic mass is 10.2. The minimum Gasteiger partial charge on any atom is -0.114 e. The predicted octanol–water partition coefficient (Wildman–Crippen LogP) is 7.16. The quantitative estimate of drug-likeness (QED) is 0.285. The van der Waals surface area contributed by atoms with Crippen LogP contribution in [0.5, 0.6) is 0 Å². The Morgan fingerprint density at radius 1 is 0.750 bits per heavy atom. The lowest BCUT2D eigenvalue weighted by molar-refractivity contribution is 1.15. The molecule has 2 aromatic carbocycles. The fourth-order valence-corrected chi connectivity index (χ4v) is 1.81. The van der Waals surface area contributed by atoms with Crippen molar-refractivity contribution in [3.63, 3.8) is 0 Å². The van der Waals surface area contributed by atoms with Gasteiger partial charge in [0.2, 0.25) is 0 Å². The van der Waals surface area contributed by atoms with Gasteiger partial charge in [0.1, 0.15) is 0 Å². The van der Waals surface area contributed by atoms with Crippen LogP contribution in [-0.2, 0) is 0 Å². The fraction of sp³-hybridized carbons (Fsp3) is 0.125. The molecule has 2 rings (SSSR count). The summed E-state index contributed by atoms with van der Waals surface area (Å²) in [5, 5.41) is 0.955. The van der Waals surface area contributed by atoms with Crippen LogP contribution in [0.25, 0.3) is 0 Å². The number of hydrogen-bond donors (Lipinski definition) is 0. The van der Waals surface area contributed by atoms with Crippen molar-refractivity contribution in [3.05, 3.63) is 85.5 Å². The second-order valence-corrected chi connectivity index (χ2v) is 4.94. The first kappa shape index (κ1) is 25.1. The maximum Gasteiger partial charge on any atom is 0.0492 e. The molecule has 0 aliphatic rings. The van der Waals surface area contributed by atoms with Gasteiger partial charge >= 0.3 is 0 Å². The second kappa shape index (κ2) is 19.1. The largest absolute Gasteiger partial charge is 0.114 e. The summed E-state index contributed by atoms with van der Waals surface area (Å²) in [6, 6.07) is 22.3. The summed E-state index contributed by atoms with van der Waals surface area (Å²) in [5.74, 6) is 0. The Hall–Kier alpha value is 0.100. The molecule has 1 unspecified atom stereocenters. The van der Waals surface area contributed by atoms with Gasteiger partial charge in [0.15, 0.2) is 0 Å².